The van der Waals surface area contributed by atoms with E-state index in [4.69, 9.17) is 11.6 Å². The Kier molecular flexibility index (Phi) is 4.15. The molecule has 0 saturated carbocycles. The summed E-state index contributed by atoms with van der Waals surface area (Å²) in [4.78, 5) is 14.6. The van der Waals surface area contributed by atoms with Crippen LogP contribution in [0.2, 0.25) is 0 Å². The van der Waals surface area contributed by atoms with Gasteiger partial charge in [-0.3, -0.25) is 4.79 Å². The number of nitrogens with zero attached hydrogens (tertiary/aromatic N) is 2. The molecule has 2 aliphatic rings. The average molecular weight is 309 g/mol. The third kappa shape index (κ3) is 2.55. The van der Waals surface area contributed by atoms with Gasteiger partial charge in [-0.1, -0.05) is 6.42 Å². The van der Waals surface area contributed by atoms with E-state index in [1.54, 1.807) is 0 Å². The molecule has 2 fully saturated rings. The number of carbonyl (C=O) groups excluding carboxylic acids is 1. The zero-order chi connectivity index (χ0) is 15.1. The van der Waals surface area contributed by atoms with Crippen LogP contribution in [0.3, 0.4) is 0 Å². The number of hydrogen-bond acceptors (Lipinski definition) is 2. The Morgan fingerprint density at radius 3 is 2.43 bits per heavy atom. The van der Waals surface area contributed by atoms with Gasteiger partial charge >= 0.3 is 0 Å². The molecular formula is C17H25ClN2O. The monoisotopic (exact) mass is 308 g/mol. The second kappa shape index (κ2) is 5.77. The van der Waals surface area contributed by atoms with Crippen molar-refractivity contribution in [3.8, 4) is 0 Å². The van der Waals surface area contributed by atoms with Gasteiger partial charge < -0.3 is 9.47 Å². The second-order valence-corrected chi connectivity index (χ2v) is 7.01. The second-order valence-electron chi connectivity index (χ2n) is 6.74. The van der Waals surface area contributed by atoms with Crippen LogP contribution >= 0.6 is 11.6 Å². The number of alkyl halides is 1. The lowest BCUT2D eigenvalue weighted by molar-refractivity contribution is 0.0392. The Bertz CT molecular complexity index is 537. The molecule has 1 aromatic rings. The van der Waals surface area contributed by atoms with Gasteiger partial charge in [-0.15, -0.1) is 11.6 Å². The molecule has 0 aliphatic carbocycles. The zero-order valence-corrected chi connectivity index (χ0v) is 14.0. The number of rotatable bonds is 3. The lowest BCUT2D eigenvalue weighted by Crippen LogP contribution is -2.50. The molecule has 0 radical (unpaired) electrons. The molecule has 0 amide bonds. The van der Waals surface area contributed by atoms with Gasteiger partial charge in [0.05, 0.1) is 5.88 Å². The van der Waals surface area contributed by atoms with Crippen LogP contribution in [0.4, 0.5) is 0 Å². The minimum Gasteiger partial charge on any atom is -0.345 e. The number of piperidine rings is 2. The van der Waals surface area contributed by atoms with Crippen molar-refractivity contribution in [2.24, 2.45) is 0 Å². The van der Waals surface area contributed by atoms with Crippen LogP contribution in [-0.2, 0) is 0 Å². The van der Waals surface area contributed by atoms with Crippen LogP contribution in [0.1, 0.15) is 59.9 Å². The summed E-state index contributed by atoms with van der Waals surface area (Å²) in [6.07, 6.45) is 6.41. The summed E-state index contributed by atoms with van der Waals surface area (Å²) in [6, 6.07) is 3.97. The number of Topliss-reactive ketones (excluding diaryl/α,β-unsaturated/α-hetero) is 1. The minimum atomic E-state index is 0.0455. The van der Waals surface area contributed by atoms with Crippen molar-refractivity contribution in [3.05, 3.63) is 23.0 Å². The fraction of sp³-hybridized carbons (Fsp3) is 0.706. The van der Waals surface area contributed by atoms with Gasteiger partial charge in [-0.2, -0.15) is 0 Å². The van der Waals surface area contributed by atoms with Crippen LogP contribution in [0.25, 0.3) is 0 Å². The van der Waals surface area contributed by atoms with Gasteiger partial charge in [0.2, 0.25) is 0 Å². The lowest BCUT2D eigenvalue weighted by atomic mass is 9.82. The molecule has 3 heterocycles. The molecule has 116 valence electrons. The van der Waals surface area contributed by atoms with Gasteiger partial charge in [0.15, 0.2) is 5.78 Å². The quantitative estimate of drug-likeness (QED) is 0.628. The Labute approximate surface area is 132 Å². The largest absolute Gasteiger partial charge is 0.345 e. The molecule has 2 atom stereocenters. The van der Waals surface area contributed by atoms with E-state index >= 15 is 0 Å². The maximum atomic E-state index is 12.0. The standard InChI is InChI=1S/C17H25ClN2O/c1-11-7-16(17(21)10-18)12(2)20(11)15-8-13-5-4-6-14(9-15)19(13)3/h7,13-15H,4-6,8-10H2,1-3H3. The first-order valence-electron chi connectivity index (χ1n) is 8.02. The number of carbonyl (C=O) groups is 1. The van der Waals surface area contributed by atoms with Crippen molar-refractivity contribution in [3.63, 3.8) is 0 Å². The number of fused-ring (bicyclic) bond motifs is 2. The summed E-state index contributed by atoms with van der Waals surface area (Å²) in [5.74, 6) is 0.118. The van der Waals surface area contributed by atoms with Crippen molar-refractivity contribution in [1.82, 2.24) is 9.47 Å². The van der Waals surface area contributed by atoms with Crippen LogP contribution in [0, 0.1) is 13.8 Å². The fourth-order valence-electron chi connectivity index (χ4n) is 4.49. The number of hydrogen-bond donors (Lipinski definition) is 0. The smallest absolute Gasteiger partial charge is 0.179 e. The van der Waals surface area contributed by atoms with E-state index < -0.39 is 0 Å². The third-order valence-electron chi connectivity index (χ3n) is 5.59. The molecule has 3 nitrogen and oxygen atoms in total. The number of aryl methyl sites for hydroxylation is 1. The summed E-state index contributed by atoms with van der Waals surface area (Å²) in [6.45, 7) is 4.19. The summed E-state index contributed by atoms with van der Waals surface area (Å²) in [5, 5.41) is 0. The van der Waals surface area contributed by atoms with E-state index in [2.05, 4.69) is 30.4 Å². The topological polar surface area (TPSA) is 25.2 Å². The molecular weight excluding hydrogens is 284 g/mol. The van der Waals surface area contributed by atoms with Gasteiger partial charge in [0.25, 0.3) is 0 Å². The first kappa shape index (κ1) is 15.1. The molecule has 2 aliphatic heterocycles. The average Bonchev–Trinajstić information content (AvgIpc) is 2.73. The number of aromatic nitrogens is 1. The molecule has 1 aromatic heterocycles. The summed E-state index contributed by atoms with van der Waals surface area (Å²) < 4.78 is 2.40. The molecule has 2 unspecified atom stereocenters. The first-order chi connectivity index (χ1) is 10.0. The minimum absolute atomic E-state index is 0.0455. The highest BCUT2D eigenvalue weighted by molar-refractivity contribution is 6.30. The van der Waals surface area contributed by atoms with Crippen molar-refractivity contribution < 1.29 is 4.79 Å². The van der Waals surface area contributed by atoms with Crippen LogP contribution in [0.15, 0.2) is 6.07 Å². The van der Waals surface area contributed by atoms with Crippen molar-refractivity contribution in [1.29, 1.82) is 0 Å². The SMILES string of the molecule is Cc1cc(C(=O)CCl)c(C)n1C1CC2CCCC(C1)N2C. The lowest BCUT2D eigenvalue weighted by Gasteiger charge is -2.48. The maximum absolute atomic E-state index is 12.0. The summed E-state index contributed by atoms with van der Waals surface area (Å²) in [5.41, 5.74) is 3.12. The third-order valence-corrected chi connectivity index (χ3v) is 5.83. The highest BCUT2D eigenvalue weighted by Gasteiger charge is 2.37. The maximum Gasteiger partial charge on any atom is 0.179 e. The Hall–Kier alpha value is -0.800. The molecule has 21 heavy (non-hydrogen) atoms. The van der Waals surface area contributed by atoms with Crippen LogP contribution < -0.4 is 0 Å². The van der Waals surface area contributed by atoms with Crippen LogP contribution in [0.5, 0.6) is 0 Å². The number of halogens is 1. The Morgan fingerprint density at radius 2 is 1.86 bits per heavy atom. The van der Waals surface area contributed by atoms with E-state index in [9.17, 15) is 4.79 Å². The Balaban J connectivity index is 1.91. The molecule has 0 N–H and O–H groups in total. The Morgan fingerprint density at radius 1 is 1.24 bits per heavy atom. The van der Waals surface area contributed by atoms with Gasteiger partial charge in [-0.25, -0.2) is 0 Å². The highest BCUT2D eigenvalue weighted by atomic mass is 35.5. The molecule has 2 saturated heterocycles. The summed E-state index contributed by atoms with van der Waals surface area (Å²) in [7, 11) is 2.28. The first-order valence-corrected chi connectivity index (χ1v) is 8.56. The predicted molar refractivity (Wildman–Crippen MR) is 86.4 cm³/mol. The van der Waals surface area contributed by atoms with Crippen LogP contribution in [-0.4, -0.2) is 40.3 Å². The van der Waals surface area contributed by atoms with E-state index in [0.717, 1.165) is 11.3 Å². The van der Waals surface area contributed by atoms with E-state index in [1.807, 2.05) is 6.07 Å². The normalized spacial score (nSPS) is 29.6. The van der Waals surface area contributed by atoms with Gasteiger partial charge in [-0.05, 0) is 52.6 Å². The van der Waals surface area contributed by atoms with Gasteiger partial charge in [0.1, 0.15) is 0 Å². The molecule has 3 rings (SSSR count). The number of ketones is 1. The molecule has 4 heteroatoms. The van der Waals surface area contributed by atoms with E-state index in [1.165, 1.54) is 37.8 Å². The molecule has 0 aromatic carbocycles. The predicted octanol–water partition coefficient (Wildman–Crippen LogP) is 3.71. The van der Waals surface area contributed by atoms with Crippen molar-refractivity contribution in [2.75, 3.05) is 12.9 Å². The molecule has 0 spiro atoms. The van der Waals surface area contributed by atoms with Crippen molar-refractivity contribution in [2.45, 2.75) is 64.1 Å². The van der Waals surface area contributed by atoms with Crippen molar-refractivity contribution >= 4 is 17.4 Å². The molecule has 2 bridgehead atoms. The fourth-order valence-corrected chi connectivity index (χ4v) is 4.64. The van der Waals surface area contributed by atoms with Gasteiger partial charge in [0, 0.05) is 35.1 Å². The zero-order valence-electron chi connectivity index (χ0n) is 13.2. The van der Waals surface area contributed by atoms with E-state index in [-0.39, 0.29) is 11.7 Å². The van der Waals surface area contributed by atoms with E-state index in [0.29, 0.717) is 18.1 Å². The summed E-state index contributed by atoms with van der Waals surface area (Å²) >= 11 is 5.74. The highest BCUT2D eigenvalue weighted by Crippen LogP contribution is 2.39.